The Morgan fingerprint density at radius 1 is 1.26 bits per heavy atom. The second-order valence-corrected chi connectivity index (χ2v) is 6.67. The molecule has 2 atom stereocenters. The van der Waals surface area contributed by atoms with Crippen molar-refractivity contribution in [3.05, 3.63) is 35.9 Å². The van der Waals surface area contributed by atoms with Crippen molar-refractivity contribution in [1.82, 2.24) is 16.0 Å². The minimum atomic E-state index is -0.508. The highest BCUT2D eigenvalue weighted by atomic mass is 16.5. The summed E-state index contributed by atoms with van der Waals surface area (Å²) < 4.78 is 4.98. The first kappa shape index (κ1) is 21.0. The number of hydrogen-bond donors (Lipinski definition) is 4. The molecule has 1 aliphatic rings. The number of guanidine groups is 1. The normalized spacial score (nSPS) is 16.3. The molecule has 0 aliphatic heterocycles. The molecule has 1 aromatic carbocycles. The molecule has 0 bridgehead atoms. The van der Waals surface area contributed by atoms with E-state index >= 15 is 0 Å². The lowest BCUT2D eigenvalue weighted by Gasteiger charge is -2.18. The monoisotopic (exact) mass is 376 g/mol. The number of carbonyl (C=O) groups is 1. The van der Waals surface area contributed by atoms with Crippen molar-refractivity contribution in [3.63, 3.8) is 0 Å². The Hall–Kier alpha value is -2.28. The number of hydrogen-bond acceptors (Lipinski definition) is 4. The predicted octanol–water partition coefficient (Wildman–Crippen LogP) is 2.19. The summed E-state index contributed by atoms with van der Waals surface area (Å²) in [6.45, 7) is 6.00. The summed E-state index contributed by atoms with van der Waals surface area (Å²) in [6.07, 6.45) is 1.92. The smallest absolute Gasteiger partial charge is 0.407 e. The zero-order valence-corrected chi connectivity index (χ0v) is 16.3. The van der Waals surface area contributed by atoms with E-state index in [4.69, 9.17) is 4.74 Å². The molecule has 4 N–H and O–H groups in total. The van der Waals surface area contributed by atoms with E-state index in [1.54, 1.807) is 6.92 Å². The fraction of sp³-hybridized carbons (Fsp3) is 0.600. The molecule has 1 aliphatic carbocycles. The van der Waals surface area contributed by atoms with Crippen molar-refractivity contribution < 1.29 is 14.6 Å². The topological polar surface area (TPSA) is 95.0 Å². The molecule has 1 aromatic rings. The first-order valence-electron chi connectivity index (χ1n) is 9.82. The second kappa shape index (κ2) is 11.4. The summed E-state index contributed by atoms with van der Waals surface area (Å²) in [6, 6.07) is 9.62. The van der Waals surface area contributed by atoms with Gasteiger partial charge in [0, 0.05) is 13.1 Å². The van der Waals surface area contributed by atoms with Gasteiger partial charge in [0.15, 0.2) is 5.96 Å². The van der Waals surface area contributed by atoms with Crippen molar-refractivity contribution in [2.24, 2.45) is 10.9 Å². The zero-order valence-electron chi connectivity index (χ0n) is 16.3. The quantitative estimate of drug-likeness (QED) is 0.371. The summed E-state index contributed by atoms with van der Waals surface area (Å²) in [5.74, 6) is 1.16. The average Bonchev–Trinajstić information content (AvgIpc) is 3.51. The number of rotatable bonds is 10. The number of aliphatic hydroxyl groups is 1. The van der Waals surface area contributed by atoms with Gasteiger partial charge in [-0.15, -0.1) is 0 Å². The maximum Gasteiger partial charge on any atom is 0.407 e. The molecule has 0 saturated heterocycles. The van der Waals surface area contributed by atoms with Crippen molar-refractivity contribution >= 4 is 12.1 Å². The van der Waals surface area contributed by atoms with Gasteiger partial charge in [-0.2, -0.15) is 0 Å². The van der Waals surface area contributed by atoms with Gasteiger partial charge < -0.3 is 25.8 Å². The molecule has 1 amide bonds. The van der Waals surface area contributed by atoms with Crippen LogP contribution in [0.1, 0.15) is 44.8 Å². The molecule has 0 spiro atoms. The lowest BCUT2D eigenvalue weighted by molar-refractivity contribution is 0.147. The van der Waals surface area contributed by atoms with Crippen LogP contribution in [-0.4, -0.2) is 49.4 Å². The third-order valence-electron chi connectivity index (χ3n) is 4.45. The van der Waals surface area contributed by atoms with Crippen molar-refractivity contribution in [2.75, 3.05) is 26.2 Å². The van der Waals surface area contributed by atoms with Gasteiger partial charge in [0.2, 0.25) is 0 Å². The number of nitrogens with zero attached hydrogens (tertiary/aromatic N) is 1. The summed E-state index contributed by atoms with van der Waals surface area (Å²) in [4.78, 5) is 16.3. The Balaban J connectivity index is 1.82. The first-order valence-corrected chi connectivity index (χ1v) is 9.82. The van der Waals surface area contributed by atoms with Gasteiger partial charge >= 0.3 is 6.09 Å². The van der Waals surface area contributed by atoms with Crippen LogP contribution in [0.15, 0.2) is 35.3 Å². The van der Waals surface area contributed by atoms with Crippen LogP contribution in [-0.2, 0) is 4.74 Å². The number of alkyl carbamates (subject to hydrolysis) is 1. The Labute approximate surface area is 161 Å². The van der Waals surface area contributed by atoms with E-state index in [9.17, 15) is 9.90 Å². The highest BCUT2D eigenvalue weighted by Crippen LogP contribution is 2.32. The molecule has 0 radical (unpaired) electrons. The molecular formula is C20H32N4O3. The van der Waals surface area contributed by atoms with Crippen molar-refractivity contribution in [1.29, 1.82) is 0 Å². The third kappa shape index (κ3) is 7.86. The Bertz CT molecular complexity index is 590. The summed E-state index contributed by atoms with van der Waals surface area (Å²) in [5.41, 5.74) is 0.911. The molecule has 7 nitrogen and oxygen atoms in total. The van der Waals surface area contributed by atoms with Crippen LogP contribution in [0.25, 0.3) is 0 Å². The largest absolute Gasteiger partial charge is 0.450 e. The van der Waals surface area contributed by atoms with Gasteiger partial charge in [-0.05, 0) is 44.6 Å². The van der Waals surface area contributed by atoms with Crippen LogP contribution in [0.5, 0.6) is 0 Å². The van der Waals surface area contributed by atoms with Gasteiger partial charge in [-0.1, -0.05) is 30.3 Å². The average molecular weight is 377 g/mol. The van der Waals surface area contributed by atoms with Gasteiger partial charge in [-0.25, -0.2) is 4.79 Å². The zero-order chi connectivity index (χ0) is 19.5. The molecule has 27 heavy (non-hydrogen) atoms. The number of amides is 1. The second-order valence-electron chi connectivity index (χ2n) is 6.67. The SMILES string of the molecule is CCNC(=NCC(NC(=O)OCC)C1CC1)NCCC(O)c1ccccc1. The van der Waals surface area contributed by atoms with Crippen molar-refractivity contribution in [3.8, 4) is 0 Å². The van der Waals surface area contributed by atoms with Gasteiger partial charge in [0.05, 0.1) is 25.3 Å². The molecule has 0 heterocycles. The molecule has 150 valence electrons. The number of ether oxygens (including phenoxy) is 1. The molecular weight excluding hydrogens is 344 g/mol. The fourth-order valence-electron chi connectivity index (χ4n) is 2.84. The summed E-state index contributed by atoms with van der Waals surface area (Å²) in [7, 11) is 0. The minimum absolute atomic E-state index is 0.00517. The van der Waals surface area contributed by atoms with Crippen LogP contribution < -0.4 is 16.0 Å². The van der Waals surface area contributed by atoms with Crippen LogP contribution in [0.3, 0.4) is 0 Å². The maximum atomic E-state index is 11.7. The standard InChI is InChI=1S/C20H32N4O3/c1-3-21-19(22-13-12-18(25)16-8-6-5-7-9-16)23-14-17(15-10-11-15)24-20(26)27-4-2/h5-9,15,17-18,25H,3-4,10-14H2,1-2H3,(H,24,26)(H2,21,22,23). The number of aliphatic hydroxyl groups excluding tert-OH is 1. The number of nitrogens with one attached hydrogen (secondary N) is 3. The lowest BCUT2D eigenvalue weighted by atomic mass is 10.1. The van der Waals surface area contributed by atoms with Crippen LogP contribution in [0.4, 0.5) is 4.79 Å². The van der Waals surface area contributed by atoms with E-state index in [2.05, 4.69) is 20.9 Å². The fourth-order valence-corrected chi connectivity index (χ4v) is 2.84. The Morgan fingerprint density at radius 3 is 2.63 bits per heavy atom. The first-order chi connectivity index (χ1) is 13.1. The number of carbonyl (C=O) groups excluding carboxylic acids is 1. The van der Waals surface area contributed by atoms with E-state index in [1.807, 2.05) is 37.3 Å². The van der Waals surface area contributed by atoms with Gasteiger partial charge in [-0.3, -0.25) is 4.99 Å². The molecule has 1 saturated carbocycles. The minimum Gasteiger partial charge on any atom is -0.450 e. The lowest BCUT2D eigenvalue weighted by Crippen LogP contribution is -2.42. The van der Waals surface area contributed by atoms with E-state index in [0.29, 0.717) is 38.0 Å². The van der Waals surface area contributed by atoms with Gasteiger partial charge in [0.25, 0.3) is 0 Å². The number of benzene rings is 1. The molecule has 1 fully saturated rings. The molecule has 2 rings (SSSR count). The third-order valence-corrected chi connectivity index (χ3v) is 4.45. The predicted molar refractivity (Wildman–Crippen MR) is 107 cm³/mol. The van der Waals surface area contributed by atoms with E-state index in [1.165, 1.54) is 0 Å². The summed E-state index contributed by atoms with van der Waals surface area (Å²) in [5, 5.41) is 19.6. The van der Waals surface area contributed by atoms with Gasteiger partial charge in [0.1, 0.15) is 0 Å². The number of aliphatic imine (C=N–C) groups is 1. The Kier molecular flexibility index (Phi) is 8.91. The maximum absolute atomic E-state index is 11.7. The van der Waals surface area contributed by atoms with Crippen LogP contribution in [0, 0.1) is 5.92 Å². The van der Waals surface area contributed by atoms with E-state index < -0.39 is 6.10 Å². The van der Waals surface area contributed by atoms with Crippen LogP contribution in [0.2, 0.25) is 0 Å². The Morgan fingerprint density at radius 2 is 2.00 bits per heavy atom. The molecule has 0 aromatic heterocycles. The highest BCUT2D eigenvalue weighted by molar-refractivity contribution is 5.79. The van der Waals surface area contributed by atoms with Crippen molar-refractivity contribution in [2.45, 2.75) is 45.3 Å². The molecule has 7 heteroatoms. The highest BCUT2D eigenvalue weighted by Gasteiger charge is 2.32. The molecule has 2 unspecified atom stereocenters. The van der Waals surface area contributed by atoms with E-state index in [-0.39, 0.29) is 12.1 Å². The van der Waals surface area contributed by atoms with Crippen LogP contribution >= 0.6 is 0 Å². The summed E-state index contributed by atoms with van der Waals surface area (Å²) >= 11 is 0. The van der Waals surface area contributed by atoms with E-state index in [0.717, 1.165) is 24.9 Å².